The number of aliphatic hydroxyl groups is 1. The Balaban J connectivity index is 1.82. The van der Waals surface area contributed by atoms with Gasteiger partial charge in [-0.05, 0) is 66.3 Å². The van der Waals surface area contributed by atoms with Crippen molar-refractivity contribution in [1.29, 1.82) is 0 Å². The van der Waals surface area contributed by atoms with Crippen molar-refractivity contribution in [1.82, 2.24) is 0 Å². The van der Waals surface area contributed by atoms with Gasteiger partial charge in [0.05, 0.1) is 0 Å². The summed E-state index contributed by atoms with van der Waals surface area (Å²) < 4.78 is 0. The molecule has 0 saturated heterocycles. The van der Waals surface area contributed by atoms with Gasteiger partial charge >= 0.3 is 0 Å². The van der Waals surface area contributed by atoms with Gasteiger partial charge in [0.1, 0.15) is 0 Å². The zero-order valence-electron chi connectivity index (χ0n) is 11.9. The van der Waals surface area contributed by atoms with E-state index in [0.29, 0.717) is 17.4 Å². The molecule has 4 fully saturated rings. The number of hydrogen-bond acceptors (Lipinski definition) is 1. The molecule has 0 spiro atoms. The minimum atomic E-state index is 0.226. The predicted octanol–water partition coefficient (Wildman–Crippen LogP) is 3.91. The molecule has 1 aromatic carbocycles. The van der Waals surface area contributed by atoms with E-state index in [1.165, 1.54) is 44.1 Å². The van der Waals surface area contributed by atoms with Gasteiger partial charge in [-0.1, -0.05) is 37.3 Å². The van der Waals surface area contributed by atoms with Crippen LogP contribution < -0.4 is 0 Å². The van der Waals surface area contributed by atoms with Gasteiger partial charge in [-0.2, -0.15) is 0 Å². The van der Waals surface area contributed by atoms with E-state index in [2.05, 4.69) is 37.3 Å². The Bertz CT molecular complexity index is 496. The maximum atomic E-state index is 10.0. The zero-order chi connectivity index (χ0) is 13.1. The summed E-state index contributed by atoms with van der Waals surface area (Å²) in [6, 6.07) is 11.1. The van der Waals surface area contributed by atoms with Crippen molar-refractivity contribution >= 4 is 0 Å². The third-order valence-electron chi connectivity index (χ3n) is 6.18. The lowest BCUT2D eigenvalue weighted by Crippen LogP contribution is -2.58. The maximum Gasteiger partial charge on any atom is 0.0488 e. The van der Waals surface area contributed by atoms with Crippen LogP contribution in [0.1, 0.15) is 51.0 Å². The standard InChI is InChI=1S/C18H24O/c1-16-7-14-8-17(10-16,13-19)12-18(9-14,11-16)15-5-3-2-4-6-15/h2-6,14,19H,7-13H2,1H3/t14-,16-,17-,18-/m1/s1. The maximum absolute atomic E-state index is 10.0. The fourth-order valence-electron chi connectivity index (χ4n) is 6.43. The lowest BCUT2D eigenvalue weighted by molar-refractivity contribution is -0.136. The molecule has 1 N–H and O–H groups in total. The Hall–Kier alpha value is -0.820. The first kappa shape index (κ1) is 12.0. The van der Waals surface area contributed by atoms with Gasteiger partial charge in [-0.15, -0.1) is 0 Å². The summed E-state index contributed by atoms with van der Waals surface area (Å²) in [6.07, 6.45) is 7.82. The van der Waals surface area contributed by atoms with Crippen molar-refractivity contribution in [2.75, 3.05) is 6.61 Å². The van der Waals surface area contributed by atoms with Gasteiger partial charge in [-0.3, -0.25) is 0 Å². The van der Waals surface area contributed by atoms with E-state index in [9.17, 15) is 5.11 Å². The van der Waals surface area contributed by atoms with Crippen LogP contribution in [0.5, 0.6) is 0 Å². The molecule has 5 rings (SSSR count). The van der Waals surface area contributed by atoms with E-state index < -0.39 is 0 Å². The Labute approximate surface area is 116 Å². The van der Waals surface area contributed by atoms with Crippen molar-refractivity contribution in [3.63, 3.8) is 0 Å². The van der Waals surface area contributed by atoms with Crippen molar-refractivity contribution < 1.29 is 5.11 Å². The summed E-state index contributed by atoms with van der Waals surface area (Å²) in [5, 5.41) is 10.0. The highest BCUT2D eigenvalue weighted by Crippen LogP contribution is 2.69. The zero-order valence-corrected chi connectivity index (χ0v) is 11.9. The largest absolute Gasteiger partial charge is 0.396 e. The first-order chi connectivity index (χ1) is 9.07. The van der Waals surface area contributed by atoms with Crippen molar-refractivity contribution in [3.8, 4) is 0 Å². The number of benzene rings is 1. The van der Waals surface area contributed by atoms with Crippen LogP contribution in [0.15, 0.2) is 30.3 Å². The van der Waals surface area contributed by atoms with Crippen LogP contribution in [0, 0.1) is 16.7 Å². The molecule has 4 atom stereocenters. The Morgan fingerprint density at radius 1 is 1.05 bits per heavy atom. The van der Waals surface area contributed by atoms with E-state index in [1.807, 2.05) is 0 Å². The molecule has 0 unspecified atom stereocenters. The summed E-state index contributed by atoms with van der Waals surface area (Å²) >= 11 is 0. The molecule has 1 aromatic rings. The van der Waals surface area contributed by atoms with Crippen molar-refractivity contribution in [2.24, 2.45) is 16.7 Å². The van der Waals surface area contributed by atoms with Gasteiger partial charge in [0.15, 0.2) is 0 Å². The van der Waals surface area contributed by atoms with Crippen molar-refractivity contribution in [2.45, 2.75) is 50.9 Å². The van der Waals surface area contributed by atoms with E-state index in [-0.39, 0.29) is 5.41 Å². The Morgan fingerprint density at radius 2 is 1.84 bits per heavy atom. The summed E-state index contributed by atoms with van der Waals surface area (Å²) in [4.78, 5) is 0. The third-order valence-corrected chi connectivity index (χ3v) is 6.18. The normalized spacial score (nSPS) is 47.6. The molecular formula is C18H24O. The molecule has 1 heteroatoms. The van der Waals surface area contributed by atoms with Gasteiger partial charge in [0.25, 0.3) is 0 Å². The minimum absolute atomic E-state index is 0.226. The molecule has 0 aliphatic heterocycles. The van der Waals surface area contributed by atoms with Gasteiger partial charge < -0.3 is 5.11 Å². The second-order valence-electron chi connectivity index (χ2n) is 8.12. The average molecular weight is 256 g/mol. The smallest absolute Gasteiger partial charge is 0.0488 e. The van der Waals surface area contributed by atoms with E-state index in [0.717, 1.165) is 5.92 Å². The molecule has 4 aliphatic rings. The van der Waals surface area contributed by atoms with E-state index >= 15 is 0 Å². The minimum Gasteiger partial charge on any atom is -0.396 e. The van der Waals surface area contributed by atoms with E-state index in [1.54, 1.807) is 0 Å². The first-order valence-electron chi connectivity index (χ1n) is 7.74. The molecule has 0 radical (unpaired) electrons. The quantitative estimate of drug-likeness (QED) is 0.850. The first-order valence-corrected chi connectivity index (χ1v) is 7.74. The molecule has 102 valence electrons. The highest BCUT2D eigenvalue weighted by molar-refractivity contribution is 5.31. The number of rotatable bonds is 2. The van der Waals surface area contributed by atoms with E-state index in [4.69, 9.17) is 0 Å². The molecule has 4 aliphatic carbocycles. The summed E-state index contributed by atoms with van der Waals surface area (Å²) in [7, 11) is 0. The number of hydrogen-bond donors (Lipinski definition) is 1. The molecule has 0 heterocycles. The molecule has 4 bridgehead atoms. The highest BCUT2D eigenvalue weighted by atomic mass is 16.3. The molecular weight excluding hydrogens is 232 g/mol. The lowest BCUT2D eigenvalue weighted by Gasteiger charge is -2.66. The fourth-order valence-corrected chi connectivity index (χ4v) is 6.43. The highest BCUT2D eigenvalue weighted by Gasteiger charge is 2.61. The van der Waals surface area contributed by atoms with Gasteiger partial charge in [0, 0.05) is 6.61 Å². The fraction of sp³-hybridized carbons (Fsp3) is 0.667. The topological polar surface area (TPSA) is 20.2 Å². The van der Waals surface area contributed by atoms with Crippen LogP contribution in [0.4, 0.5) is 0 Å². The third kappa shape index (κ3) is 1.64. The van der Waals surface area contributed by atoms with Crippen LogP contribution in [-0.2, 0) is 5.41 Å². The SMILES string of the molecule is C[C@@]12C[C@@H]3C[C@@](CO)(C1)C[C@@](c1ccccc1)(C3)C2. The molecule has 4 saturated carbocycles. The van der Waals surface area contributed by atoms with Crippen LogP contribution in [0.3, 0.4) is 0 Å². The molecule has 0 aromatic heterocycles. The predicted molar refractivity (Wildman–Crippen MR) is 76.9 cm³/mol. The van der Waals surface area contributed by atoms with Gasteiger partial charge in [-0.25, -0.2) is 0 Å². The second kappa shape index (κ2) is 3.63. The van der Waals surface area contributed by atoms with Crippen LogP contribution in [0.25, 0.3) is 0 Å². The average Bonchev–Trinajstić information content (AvgIpc) is 2.37. The molecule has 0 amide bonds. The van der Waals surface area contributed by atoms with Crippen LogP contribution >= 0.6 is 0 Å². The second-order valence-corrected chi connectivity index (χ2v) is 8.12. The molecule has 19 heavy (non-hydrogen) atoms. The summed E-state index contributed by atoms with van der Waals surface area (Å²) in [5.74, 6) is 0.841. The Morgan fingerprint density at radius 3 is 2.53 bits per heavy atom. The Kier molecular flexibility index (Phi) is 2.29. The molecule has 1 nitrogen and oxygen atoms in total. The van der Waals surface area contributed by atoms with Crippen molar-refractivity contribution in [3.05, 3.63) is 35.9 Å². The summed E-state index contributed by atoms with van der Waals surface area (Å²) in [5.41, 5.74) is 2.59. The van der Waals surface area contributed by atoms with Gasteiger partial charge in [0.2, 0.25) is 0 Å². The summed E-state index contributed by atoms with van der Waals surface area (Å²) in [6.45, 7) is 2.87. The number of aliphatic hydroxyl groups excluding tert-OH is 1. The lowest BCUT2D eigenvalue weighted by atomic mass is 9.39. The monoisotopic (exact) mass is 256 g/mol. The van der Waals surface area contributed by atoms with Crippen LogP contribution in [0.2, 0.25) is 0 Å². The van der Waals surface area contributed by atoms with Crippen LogP contribution in [-0.4, -0.2) is 11.7 Å².